The van der Waals surface area contributed by atoms with Crippen molar-refractivity contribution >= 4 is 11.9 Å². The van der Waals surface area contributed by atoms with E-state index >= 15 is 0 Å². The highest BCUT2D eigenvalue weighted by atomic mass is 16.5. The Morgan fingerprint density at radius 1 is 1.21 bits per heavy atom. The van der Waals surface area contributed by atoms with E-state index in [-0.39, 0.29) is 30.9 Å². The molecule has 132 valence electrons. The summed E-state index contributed by atoms with van der Waals surface area (Å²) in [5.41, 5.74) is 0.914. The van der Waals surface area contributed by atoms with Crippen LogP contribution >= 0.6 is 0 Å². The summed E-state index contributed by atoms with van der Waals surface area (Å²) in [6, 6.07) is 9.14. The van der Waals surface area contributed by atoms with Gasteiger partial charge in [0.15, 0.2) is 0 Å². The molecule has 2 N–H and O–H groups in total. The van der Waals surface area contributed by atoms with E-state index in [9.17, 15) is 9.59 Å². The van der Waals surface area contributed by atoms with Gasteiger partial charge < -0.3 is 19.9 Å². The van der Waals surface area contributed by atoms with Crippen molar-refractivity contribution in [2.45, 2.75) is 44.2 Å². The number of ether oxygens (including phenoxy) is 2. The summed E-state index contributed by atoms with van der Waals surface area (Å²) < 4.78 is 11.0. The normalized spacial score (nSPS) is 16.5. The highest BCUT2D eigenvalue weighted by Crippen LogP contribution is 2.18. The first-order valence-corrected chi connectivity index (χ1v) is 8.40. The van der Waals surface area contributed by atoms with E-state index in [1.54, 1.807) is 0 Å². The fourth-order valence-electron chi connectivity index (χ4n) is 2.70. The molecule has 0 aromatic heterocycles. The summed E-state index contributed by atoms with van der Waals surface area (Å²) in [4.78, 5) is 23.0. The van der Waals surface area contributed by atoms with Crippen LogP contribution in [0.1, 0.15) is 43.7 Å². The Labute approximate surface area is 142 Å². The van der Waals surface area contributed by atoms with Crippen LogP contribution in [0.15, 0.2) is 30.3 Å². The number of aliphatic carboxylic acids is 1. The van der Waals surface area contributed by atoms with Crippen LogP contribution in [0.5, 0.6) is 0 Å². The third-order valence-corrected chi connectivity index (χ3v) is 4.04. The predicted molar refractivity (Wildman–Crippen MR) is 88.6 cm³/mol. The van der Waals surface area contributed by atoms with Gasteiger partial charge in [-0.05, 0) is 24.8 Å². The number of nitrogens with one attached hydrogen (secondary N) is 1. The SMILES string of the molecule is O=C(O)CCC(NC(=O)CCOC1CCOCC1)c1ccccc1. The lowest BCUT2D eigenvalue weighted by Crippen LogP contribution is -2.31. The first-order valence-electron chi connectivity index (χ1n) is 8.40. The second-order valence-corrected chi connectivity index (χ2v) is 5.90. The third-order valence-electron chi connectivity index (χ3n) is 4.04. The summed E-state index contributed by atoms with van der Waals surface area (Å²) in [5.74, 6) is -0.991. The van der Waals surface area contributed by atoms with Crippen molar-refractivity contribution in [2.24, 2.45) is 0 Å². The molecular weight excluding hydrogens is 310 g/mol. The van der Waals surface area contributed by atoms with Crippen molar-refractivity contribution < 1.29 is 24.2 Å². The van der Waals surface area contributed by atoms with Crippen LogP contribution < -0.4 is 5.32 Å². The molecule has 1 aromatic carbocycles. The van der Waals surface area contributed by atoms with Crippen molar-refractivity contribution in [1.82, 2.24) is 5.32 Å². The second kappa shape index (κ2) is 10.1. The molecule has 1 aliphatic rings. The van der Waals surface area contributed by atoms with Gasteiger partial charge in [0.25, 0.3) is 0 Å². The van der Waals surface area contributed by atoms with E-state index in [0.29, 0.717) is 26.2 Å². The molecule has 2 rings (SSSR count). The van der Waals surface area contributed by atoms with E-state index in [2.05, 4.69) is 5.32 Å². The zero-order valence-electron chi connectivity index (χ0n) is 13.8. The average molecular weight is 335 g/mol. The number of amides is 1. The minimum Gasteiger partial charge on any atom is -0.481 e. The maximum absolute atomic E-state index is 12.1. The van der Waals surface area contributed by atoms with Gasteiger partial charge in [-0.25, -0.2) is 0 Å². The van der Waals surface area contributed by atoms with Gasteiger partial charge in [0.05, 0.1) is 18.8 Å². The fourth-order valence-corrected chi connectivity index (χ4v) is 2.70. The highest BCUT2D eigenvalue weighted by Gasteiger charge is 2.17. The molecule has 1 atom stereocenters. The van der Waals surface area contributed by atoms with Gasteiger partial charge in [-0.15, -0.1) is 0 Å². The number of carbonyl (C=O) groups is 2. The summed E-state index contributed by atoms with van der Waals surface area (Å²) in [6.07, 6.45) is 2.56. The monoisotopic (exact) mass is 335 g/mol. The van der Waals surface area contributed by atoms with Crippen molar-refractivity contribution in [3.8, 4) is 0 Å². The van der Waals surface area contributed by atoms with Crippen molar-refractivity contribution in [3.05, 3.63) is 35.9 Å². The number of carboxylic acids is 1. The Hall–Kier alpha value is -1.92. The number of benzene rings is 1. The molecular formula is C18H25NO5. The maximum Gasteiger partial charge on any atom is 0.303 e. The van der Waals surface area contributed by atoms with Crippen LogP contribution in [-0.4, -0.2) is 42.9 Å². The molecule has 0 saturated carbocycles. The largest absolute Gasteiger partial charge is 0.481 e. The zero-order chi connectivity index (χ0) is 17.2. The molecule has 0 spiro atoms. The Balaban J connectivity index is 1.79. The number of hydrogen-bond donors (Lipinski definition) is 2. The molecule has 1 heterocycles. The molecule has 1 fully saturated rings. The molecule has 0 bridgehead atoms. The molecule has 1 unspecified atom stereocenters. The lowest BCUT2D eigenvalue weighted by molar-refractivity contribution is -0.137. The van der Waals surface area contributed by atoms with Gasteiger partial charge in [-0.1, -0.05) is 30.3 Å². The maximum atomic E-state index is 12.1. The van der Waals surface area contributed by atoms with E-state index in [4.69, 9.17) is 14.6 Å². The molecule has 1 saturated heterocycles. The third kappa shape index (κ3) is 6.68. The van der Waals surface area contributed by atoms with Crippen molar-refractivity contribution in [1.29, 1.82) is 0 Å². The Kier molecular flexibility index (Phi) is 7.71. The molecule has 24 heavy (non-hydrogen) atoms. The summed E-state index contributed by atoms with van der Waals surface area (Å²) in [5, 5.41) is 11.8. The molecule has 6 heteroatoms. The zero-order valence-corrected chi connectivity index (χ0v) is 13.8. The van der Waals surface area contributed by atoms with Gasteiger partial charge >= 0.3 is 5.97 Å². The van der Waals surface area contributed by atoms with Crippen LogP contribution in [0.2, 0.25) is 0 Å². The van der Waals surface area contributed by atoms with Crippen LogP contribution in [0.4, 0.5) is 0 Å². The number of carboxylic acid groups (broad SMARTS) is 1. The summed E-state index contributed by atoms with van der Waals surface area (Å²) in [6.45, 7) is 1.79. The van der Waals surface area contributed by atoms with Crippen molar-refractivity contribution in [3.63, 3.8) is 0 Å². The fraction of sp³-hybridized carbons (Fsp3) is 0.556. The molecule has 1 aromatic rings. The molecule has 6 nitrogen and oxygen atoms in total. The lowest BCUT2D eigenvalue weighted by atomic mass is 10.0. The predicted octanol–water partition coefficient (Wildman–Crippen LogP) is 2.29. The quantitative estimate of drug-likeness (QED) is 0.723. The molecule has 1 aliphatic heterocycles. The minimum atomic E-state index is -0.868. The minimum absolute atomic E-state index is 0.0123. The van der Waals surface area contributed by atoms with Crippen LogP contribution in [0.25, 0.3) is 0 Å². The number of rotatable bonds is 9. The Morgan fingerprint density at radius 2 is 1.92 bits per heavy atom. The summed E-state index contributed by atoms with van der Waals surface area (Å²) >= 11 is 0. The number of hydrogen-bond acceptors (Lipinski definition) is 4. The first kappa shape index (κ1) is 18.4. The Morgan fingerprint density at radius 3 is 2.58 bits per heavy atom. The molecule has 1 amide bonds. The van der Waals surface area contributed by atoms with E-state index in [1.165, 1.54) is 0 Å². The standard InChI is InChI=1S/C18H25NO5/c20-17(10-13-24-15-8-11-23-12-9-15)19-16(6-7-18(21)22)14-4-2-1-3-5-14/h1-5,15-16H,6-13H2,(H,19,20)(H,21,22). The molecule has 0 aliphatic carbocycles. The van der Waals surface area contributed by atoms with Gasteiger partial charge in [0.1, 0.15) is 0 Å². The number of carbonyl (C=O) groups excluding carboxylic acids is 1. The van der Waals surface area contributed by atoms with Gasteiger partial charge in [-0.3, -0.25) is 9.59 Å². The van der Waals surface area contributed by atoms with E-state index in [1.807, 2.05) is 30.3 Å². The van der Waals surface area contributed by atoms with Gasteiger partial charge in [0.2, 0.25) is 5.91 Å². The van der Waals surface area contributed by atoms with Crippen LogP contribution in [-0.2, 0) is 19.1 Å². The summed E-state index contributed by atoms with van der Waals surface area (Å²) in [7, 11) is 0. The van der Waals surface area contributed by atoms with E-state index < -0.39 is 5.97 Å². The second-order valence-electron chi connectivity index (χ2n) is 5.90. The molecule has 0 radical (unpaired) electrons. The lowest BCUT2D eigenvalue weighted by Gasteiger charge is -2.23. The first-order chi connectivity index (χ1) is 11.6. The van der Waals surface area contributed by atoms with Gasteiger partial charge in [-0.2, -0.15) is 0 Å². The van der Waals surface area contributed by atoms with E-state index in [0.717, 1.165) is 18.4 Å². The topological polar surface area (TPSA) is 84.9 Å². The van der Waals surface area contributed by atoms with Crippen molar-refractivity contribution in [2.75, 3.05) is 19.8 Å². The Bertz CT molecular complexity index is 513. The van der Waals surface area contributed by atoms with Crippen LogP contribution in [0.3, 0.4) is 0 Å². The highest BCUT2D eigenvalue weighted by molar-refractivity contribution is 5.76. The van der Waals surface area contributed by atoms with Gasteiger partial charge in [0, 0.05) is 26.1 Å². The smallest absolute Gasteiger partial charge is 0.303 e. The van der Waals surface area contributed by atoms with Crippen LogP contribution in [0, 0.1) is 0 Å². The average Bonchev–Trinajstić information content (AvgIpc) is 2.60.